The van der Waals surface area contributed by atoms with E-state index in [4.69, 9.17) is 18.9 Å². The topological polar surface area (TPSA) is 116 Å². The number of benzene rings is 3. The van der Waals surface area contributed by atoms with Gasteiger partial charge in [0.2, 0.25) is 11.8 Å². The zero-order valence-electron chi connectivity index (χ0n) is 27.8. The first kappa shape index (κ1) is 32.9. The first-order valence-electron chi connectivity index (χ1n) is 16.4. The van der Waals surface area contributed by atoms with Crippen molar-refractivity contribution in [2.45, 2.75) is 44.8 Å². The minimum atomic E-state index is -0.185. The van der Waals surface area contributed by atoms with Crippen molar-refractivity contribution in [1.82, 2.24) is 25.3 Å². The van der Waals surface area contributed by atoms with Gasteiger partial charge in [-0.2, -0.15) is 5.10 Å². The van der Waals surface area contributed by atoms with Gasteiger partial charge in [0.05, 0.1) is 40.5 Å². The molecule has 1 atom stereocenters. The number of fused-ring (bicyclic) bond motifs is 4. The maximum atomic E-state index is 13.5. The van der Waals surface area contributed by atoms with E-state index in [1.807, 2.05) is 53.3 Å². The van der Waals surface area contributed by atoms with Crippen LogP contribution in [0.25, 0.3) is 11.1 Å². The van der Waals surface area contributed by atoms with Crippen molar-refractivity contribution < 1.29 is 28.5 Å². The summed E-state index contributed by atoms with van der Waals surface area (Å²) in [6.07, 6.45) is 5.52. The number of carbonyl (C=O) groups excluding carboxylic acids is 2. The molecule has 1 unspecified atom stereocenters. The van der Waals surface area contributed by atoms with Crippen molar-refractivity contribution in [1.29, 1.82) is 0 Å². The highest BCUT2D eigenvalue weighted by molar-refractivity contribution is 5.79. The van der Waals surface area contributed by atoms with Gasteiger partial charge < -0.3 is 29.6 Å². The van der Waals surface area contributed by atoms with Gasteiger partial charge >= 0.3 is 0 Å². The van der Waals surface area contributed by atoms with Crippen LogP contribution in [0.15, 0.2) is 67.0 Å². The van der Waals surface area contributed by atoms with E-state index < -0.39 is 0 Å². The predicted molar refractivity (Wildman–Crippen MR) is 182 cm³/mol. The van der Waals surface area contributed by atoms with Crippen LogP contribution < -0.4 is 29.6 Å². The van der Waals surface area contributed by atoms with Crippen LogP contribution >= 0.6 is 0 Å². The van der Waals surface area contributed by atoms with E-state index in [-0.39, 0.29) is 17.9 Å². The van der Waals surface area contributed by atoms with Gasteiger partial charge in [-0.15, -0.1) is 0 Å². The van der Waals surface area contributed by atoms with E-state index in [0.717, 1.165) is 44.9 Å². The lowest BCUT2D eigenvalue weighted by Gasteiger charge is -2.28. The van der Waals surface area contributed by atoms with Crippen LogP contribution in [0.3, 0.4) is 0 Å². The Morgan fingerprint density at radius 2 is 1.77 bits per heavy atom. The molecule has 2 amide bonds. The van der Waals surface area contributed by atoms with E-state index in [1.54, 1.807) is 27.5 Å². The molecule has 4 bridgehead atoms. The third kappa shape index (κ3) is 7.74. The highest BCUT2D eigenvalue weighted by Crippen LogP contribution is 2.42. The van der Waals surface area contributed by atoms with Gasteiger partial charge in [-0.05, 0) is 65.6 Å². The molecular formula is C37H43N5O6. The Labute approximate surface area is 281 Å². The molecule has 6 rings (SSSR count). The zero-order chi connectivity index (χ0) is 33.5. The number of hydrogen-bond acceptors (Lipinski definition) is 8. The van der Waals surface area contributed by atoms with Gasteiger partial charge in [0.15, 0.2) is 11.5 Å². The third-order valence-corrected chi connectivity index (χ3v) is 8.92. The highest BCUT2D eigenvalue weighted by Gasteiger charge is 2.25. The lowest BCUT2D eigenvalue weighted by molar-refractivity contribution is -0.123. The summed E-state index contributed by atoms with van der Waals surface area (Å²) in [5.41, 5.74) is 5.76. The largest absolute Gasteiger partial charge is 0.496 e. The second-order valence-corrected chi connectivity index (χ2v) is 12.1. The highest BCUT2D eigenvalue weighted by atomic mass is 16.5. The fraction of sp³-hybridized carbons (Fsp3) is 0.378. The van der Waals surface area contributed by atoms with Gasteiger partial charge in [-0.25, -0.2) is 0 Å². The van der Waals surface area contributed by atoms with Gasteiger partial charge in [0, 0.05) is 74.5 Å². The summed E-state index contributed by atoms with van der Waals surface area (Å²) < 4.78 is 25.0. The van der Waals surface area contributed by atoms with E-state index in [9.17, 15) is 9.59 Å². The Kier molecular flexibility index (Phi) is 10.4. The second kappa shape index (κ2) is 15.2. The van der Waals surface area contributed by atoms with Crippen LogP contribution in [0.2, 0.25) is 0 Å². The minimum absolute atomic E-state index is 0.0372. The molecule has 1 aromatic heterocycles. The molecule has 3 aromatic carbocycles. The van der Waals surface area contributed by atoms with Crippen LogP contribution in [0.4, 0.5) is 0 Å². The van der Waals surface area contributed by atoms with Crippen molar-refractivity contribution in [2.75, 3.05) is 47.6 Å². The van der Waals surface area contributed by atoms with E-state index in [2.05, 4.69) is 32.8 Å². The molecule has 4 aromatic rings. The number of ether oxygens (including phenoxy) is 4. The first-order chi connectivity index (χ1) is 23.4. The van der Waals surface area contributed by atoms with Crippen molar-refractivity contribution in [3.05, 3.63) is 89.2 Å². The Morgan fingerprint density at radius 1 is 0.896 bits per heavy atom. The van der Waals surface area contributed by atoms with Crippen molar-refractivity contribution in [2.24, 2.45) is 0 Å². The van der Waals surface area contributed by atoms with Gasteiger partial charge in [-0.3, -0.25) is 19.2 Å². The quantitative estimate of drug-likeness (QED) is 0.299. The molecular weight excluding hydrogens is 610 g/mol. The second-order valence-electron chi connectivity index (χ2n) is 12.1. The number of methoxy groups -OCH3 is 3. The van der Waals surface area contributed by atoms with Gasteiger partial charge in [0.1, 0.15) is 11.5 Å². The van der Waals surface area contributed by atoms with Gasteiger partial charge in [-0.1, -0.05) is 12.1 Å². The smallest absolute Gasteiger partial charge is 0.221 e. The fourth-order valence-corrected chi connectivity index (χ4v) is 6.47. The average molecular weight is 654 g/mol. The standard InChI is InChI=1S/C37H43N5O6/c1-45-32-8-5-26(19-28(32)24-42-15-4-13-39-42)23-41-16-11-36(44)40-31-12-18-48-33-9-7-27(22-30(31)33)29-20-25(6-10-35(43)38-14-17-41)21-34(46-2)37(29)47-3/h4-5,7-9,13,15,19-22,31H,6,10-12,14,16-18,23-24H2,1-3H3,(H,38,43)(H,40,44). The molecule has 11 heteroatoms. The fourth-order valence-electron chi connectivity index (χ4n) is 6.47. The predicted octanol–water partition coefficient (Wildman–Crippen LogP) is 4.52. The van der Waals surface area contributed by atoms with E-state index in [0.29, 0.717) is 76.5 Å². The van der Waals surface area contributed by atoms with Crippen LogP contribution in [0.1, 0.15) is 47.6 Å². The van der Waals surface area contributed by atoms with Crippen LogP contribution in [0.5, 0.6) is 23.0 Å². The summed E-state index contributed by atoms with van der Waals surface area (Å²) in [6.45, 7) is 3.29. The molecule has 48 heavy (non-hydrogen) atoms. The van der Waals surface area contributed by atoms with Crippen LogP contribution in [0, 0.1) is 0 Å². The Bertz CT molecular complexity index is 1740. The number of rotatable bonds is 7. The number of aryl methyl sites for hydroxylation is 1. The summed E-state index contributed by atoms with van der Waals surface area (Å²) in [7, 11) is 4.90. The lowest BCUT2D eigenvalue weighted by atomic mass is 9.93. The maximum Gasteiger partial charge on any atom is 0.221 e. The van der Waals surface area contributed by atoms with Crippen LogP contribution in [-0.4, -0.2) is 74.1 Å². The van der Waals surface area contributed by atoms with Gasteiger partial charge in [0.25, 0.3) is 0 Å². The Hall–Kier alpha value is -5.03. The summed E-state index contributed by atoms with van der Waals surface area (Å²) in [6, 6.07) is 17.8. The number of nitrogens with zero attached hydrogens (tertiary/aromatic N) is 3. The lowest BCUT2D eigenvalue weighted by Crippen LogP contribution is -2.38. The molecule has 2 aliphatic heterocycles. The summed E-state index contributed by atoms with van der Waals surface area (Å²) in [5.74, 6) is 2.69. The molecule has 252 valence electrons. The summed E-state index contributed by atoms with van der Waals surface area (Å²) in [4.78, 5) is 28.7. The normalized spacial score (nSPS) is 17.3. The maximum absolute atomic E-state index is 13.5. The molecule has 0 saturated carbocycles. The van der Waals surface area contributed by atoms with Crippen LogP contribution in [-0.2, 0) is 29.1 Å². The number of amides is 2. The number of aromatic nitrogens is 2. The zero-order valence-corrected chi connectivity index (χ0v) is 27.8. The molecule has 2 N–H and O–H groups in total. The molecule has 0 fully saturated rings. The molecule has 3 heterocycles. The first-order valence-corrected chi connectivity index (χ1v) is 16.4. The molecule has 0 radical (unpaired) electrons. The Balaban J connectivity index is 1.26. The number of nitrogens with one attached hydrogen (secondary N) is 2. The number of carbonyl (C=O) groups is 2. The Morgan fingerprint density at radius 3 is 2.56 bits per heavy atom. The molecule has 0 saturated heterocycles. The van der Waals surface area contributed by atoms with E-state index in [1.165, 1.54) is 0 Å². The van der Waals surface area contributed by atoms with Crippen molar-refractivity contribution in [3.63, 3.8) is 0 Å². The summed E-state index contributed by atoms with van der Waals surface area (Å²) in [5, 5.41) is 10.7. The minimum Gasteiger partial charge on any atom is -0.496 e. The molecule has 0 spiro atoms. The molecule has 2 aliphatic rings. The van der Waals surface area contributed by atoms with E-state index >= 15 is 0 Å². The van der Waals surface area contributed by atoms with Crippen molar-refractivity contribution >= 4 is 11.8 Å². The average Bonchev–Trinajstić information content (AvgIpc) is 3.62. The summed E-state index contributed by atoms with van der Waals surface area (Å²) >= 11 is 0. The molecule has 11 nitrogen and oxygen atoms in total. The molecule has 0 aliphatic carbocycles. The SMILES string of the molecule is COc1ccc(CN2CCNC(=O)CCc3cc(OC)c(OC)c(c3)-c3ccc4c(c3)C(CCO4)NC(=O)CC2)cc1Cn1cccn1. The van der Waals surface area contributed by atoms with Crippen molar-refractivity contribution in [3.8, 4) is 34.1 Å². The monoisotopic (exact) mass is 653 g/mol. The number of hydrogen-bond donors (Lipinski definition) is 2. The third-order valence-electron chi connectivity index (χ3n) is 8.92.